The molecule has 2 rings (SSSR count). The summed E-state index contributed by atoms with van der Waals surface area (Å²) in [4.78, 5) is 12.5. The minimum atomic E-state index is -0.0972. The van der Waals surface area contributed by atoms with Gasteiger partial charge >= 0.3 is 0 Å². The van der Waals surface area contributed by atoms with Crippen LogP contribution >= 0.6 is 15.9 Å². The third-order valence-corrected chi connectivity index (χ3v) is 3.91. The summed E-state index contributed by atoms with van der Waals surface area (Å²) in [6.07, 6.45) is 0. The second kappa shape index (κ2) is 5.29. The molecule has 100 valence electrons. The van der Waals surface area contributed by atoms with Crippen molar-refractivity contribution in [1.29, 1.82) is 0 Å². The van der Waals surface area contributed by atoms with Crippen LogP contribution in [0.3, 0.4) is 0 Å². The van der Waals surface area contributed by atoms with Crippen molar-refractivity contribution >= 4 is 21.8 Å². The Balaban J connectivity index is 2.52. The average molecular weight is 321 g/mol. The molecule has 0 aliphatic carbocycles. The van der Waals surface area contributed by atoms with Gasteiger partial charge in [0.05, 0.1) is 11.3 Å². The molecule has 0 spiro atoms. The summed E-state index contributed by atoms with van der Waals surface area (Å²) in [5.41, 5.74) is 3.63. The van der Waals surface area contributed by atoms with E-state index in [4.69, 9.17) is 0 Å². The molecule has 4 heteroatoms. The van der Waals surface area contributed by atoms with E-state index >= 15 is 0 Å². The second-order valence-electron chi connectivity index (χ2n) is 4.94. The summed E-state index contributed by atoms with van der Waals surface area (Å²) < 4.78 is 2.30. The molecule has 0 atom stereocenters. The van der Waals surface area contributed by atoms with E-state index in [1.165, 1.54) is 4.68 Å². The minimum absolute atomic E-state index is 0.0972. The van der Waals surface area contributed by atoms with Gasteiger partial charge in [0, 0.05) is 10.2 Å². The third kappa shape index (κ3) is 2.50. The van der Waals surface area contributed by atoms with Gasteiger partial charge in [-0.3, -0.25) is 4.79 Å². The average Bonchev–Trinajstić information content (AvgIpc) is 2.64. The van der Waals surface area contributed by atoms with E-state index in [2.05, 4.69) is 34.9 Å². The molecule has 0 radical (unpaired) electrons. The molecule has 0 aliphatic rings. The molecule has 0 aliphatic heterocycles. The van der Waals surface area contributed by atoms with Gasteiger partial charge in [0.2, 0.25) is 0 Å². The zero-order valence-electron chi connectivity index (χ0n) is 11.6. The summed E-state index contributed by atoms with van der Waals surface area (Å²) in [5, 5.41) is 4.40. The molecule has 0 bridgehead atoms. The first kappa shape index (κ1) is 14.0. The quantitative estimate of drug-likeness (QED) is 0.835. The number of hydrogen-bond donors (Lipinski definition) is 0. The van der Waals surface area contributed by atoms with Crippen LogP contribution in [0.1, 0.15) is 47.1 Å². The SMILES string of the molecule is Cc1nn(C(=O)c2ccccc2Br)c(C)c1C(C)C. The lowest BCUT2D eigenvalue weighted by molar-refractivity contribution is 0.0941. The predicted molar refractivity (Wildman–Crippen MR) is 79.7 cm³/mol. The largest absolute Gasteiger partial charge is 0.279 e. The number of carbonyl (C=O) groups excluding carboxylic acids is 1. The summed E-state index contributed by atoms with van der Waals surface area (Å²) in [7, 11) is 0. The highest BCUT2D eigenvalue weighted by Gasteiger charge is 2.20. The first-order valence-corrected chi connectivity index (χ1v) is 7.08. The van der Waals surface area contributed by atoms with Gasteiger partial charge in [-0.2, -0.15) is 5.10 Å². The van der Waals surface area contributed by atoms with Crippen LogP contribution in [0.5, 0.6) is 0 Å². The van der Waals surface area contributed by atoms with Gasteiger partial charge in [0.1, 0.15) is 0 Å². The molecule has 1 aromatic carbocycles. The van der Waals surface area contributed by atoms with Crippen LogP contribution < -0.4 is 0 Å². The van der Waals surface area contributed by atoms with Crippen LogP contribution in [0.2, 0.25) is 0 Å². The number of rotatable bonds is 2. The monoisotopic (exact) mass is 320 g/mol. The fourth-order valence-corrected chi connectivity index (χ4v) is 2.89. The van der Waals surface area contributed by atoms with Gasteiger partial charge in [0.15, 0.2) is 0 Å². The Bertz CT molecular complexity index is 629. The lowest BCUT2D eigenvalue weighted by Gasteiger charge is -2.07. The zero-order chi connectivity index (χ0) is 14.2. The molecule has 0 saturated heterocycles. The molecule has 1 heterocycles. The Hall–Kier alpha value is -1.42. The number of halogens is 1. The Morgan fingerprint density at radius 1 is 1.26 bits per heavy atom. The highest BCUT2D eigenvalue weighted by atomic mass is 79.9. The van der Waals surface area contributed by atoms with E-state index in [0.29, 0.717) is 11.5 Å². The summed E-state index contributed by atoms with van der Waals surface area (Å²) in [6, 6.07) is 7.41. The standard InChI is InChI=1S/C15H17BrN2O/c1-9(2)14-10(3)17-18(11(14)4)15(19)12-7-5-6-8-13(12)16/h5-9H,1-4H3. The van der Waals surface area contributed by atoms with Crippen molar-refractivity contribution in [2.45, 2.75) is 33.6 Å². The maximum Gasteiger partial charge on any atom is 0.279 e. The van der Waals surface area contributed by atoms with E-state index in [0.717, 1.165) is 21.4 Å². The molecular formula is C15H17BrN2O. The Kier molecular flexibility index (Phi) is 3.90. The normalized spacial score (nSPS) is 11.1. The van der Waals surface area contributed by atoms with Crippen molar-refractivity contribution in [2.75, 3.05) is 0 Å². The number of benzene rings is 1. The maximum atomic E-state index is 12.5. The Morgan fingerprint density at radius 2 is 1.89 bits per heavy atom. The van der Waals surface area contributed by atoms with Crippen LogP contribution in [0.4, 0.5) is 0 Å². The molecule has 1 aromatic heterocycles. The molecule has 0 unspecified atom stereocenters. The number of aryl methyl sites for hydroxylation is 1. The molecular weight excluding hydrogens is 304 g/mol. The van der Waals surface area contributed by atoms with Crippen molar-refractivity contribution in [2.24, 2.45) is 0 Å². The third-order valence-electron chi connectivity index (χ3n) is 3.22. The molecule has 2 aromatic rings. The van der Waals surface area contributed by atoms with E-state index in [1.54, 1.807) is 6.07 Å². The number of aromatic nitrogens is 2. The fraction of sp³-hybridized carbons (Fsp3) is 0.333. The molecule has 3 nitrogen and oxygen atoms in total. The Morgan fingerprint density at radius 3 is 2.42 bits per heavy atom. The molecule has 0 amide bonds. The first-order chi connectivity index (χ1) is 8.93. The van der Waals surface area contributed by atoms with Crippen molar-refractivity contribution in [3.05, 3.63) is 51.3 Å². The van der Waals surface area contributed by atoms with Crippen molar-refractivity contribution < 1.29 is 4.79 Å². The van der Waals surface area contributed by atoms with Gasteiger partial charge in [-0.05, 0) is 53.4 Å². The smallest absolute Gasteiger partial charge is 0.267 e. The zero-order valence-corrected chi connectivity index (χ0v) is 13.2. The lowest BCUT2D eigenvalue weighted by atomic mass is 10.0. The molecule has 19 heavy (non-hydrogen) atoms. The minimum Gasteiger partial charge on any atom is -0.267 e. The molecule has 0 fully saturated rings. The van der Waals surface area contributed by atoms with Gasteiger partial charge in [-0.25, -0.2) is 4.68 Å². The van der Waals surface area contributed by atoms with Crippen LogP contribution in [-0.4, -0.2) is 15.7 Å². The van der Waals surface area contributed by atoms with Crippen LogP contribution in [0.25, 0.3) is 0 Å². The summed E-state index contributed by atoms with van der Waals surface area (Å²) in [5.74, 6) is 0.265. The highest BCUT2D eigenvalue weighted by molar-refractivity contribution is 9.10. The first-order valence-electron chi connectivity index (χ1n) is 6.28. The van der Waals surface area contributed by atoms with E-state index in [-0.39, 0.29) is 5.91 Å². The van der Waals surface area contributed by atoms with Crippen molar-refractivity contribution in [3.8, 4) is 0 Å². The van der Waals surface area contributed by atoms with Crippen molar-refractivity contribution in [3.63, 3.8) is 0 Å². The molecule has 0 saturated carbocycles. The number of carbonyl (C=O) groups is 1. The Labute approximate surface area is 121 Å². The predicted octanol–water partition coefficient (Wildman–Crippen LogP) is 4.07. The molecule has 0 N–H and O–H groups in total. The van der Waals surface area contributed by atoms with Gasteiger partial charge in [-0.1, -0.05) is 26.0 Å². The van der Waals surface area contributed by atoms with E-state index in [1.807, 2.05) is 32.0 Å². The lowest BCUT2D eigenvalue weighted by Crippen LogP contribution is -2.16. The van der Waals surface area contributed by atoms with Crippen LogP contribution in [0.15, 0.2) is 28.7 Å². The topological polar surface area (TPSA) is 34.9 Å². The van der Waals surface area contributed by atoms with Gasteiger partial charge < -0.3 is 0 Å². The van der Waals surface area contributed by atoms with Gasteiger partial charge in [-0.15, -0.1) is 0 Å². The van der Waals surface area contributed by atoms with Crippen LogP contribution in [-0.2, 0) is 0 Å². The van der Waals surface area contributed by atoms with E-state index in [9.17, 15) is 4.79 Å². The van der Waals surface area contributed by atoms with Crippen molar-refractivity contribution in [1.82, 2.24) is 9.78 Å². The van der Waals surface area contributed by atoms with Crippen LogP contribution in [0, 0.1) is 13.8 Å². The number of hydrogen-bond acceptors (Lipinski definition) is 2. The highest BCUT2D eigenvalue weighted by Crippen LogP contribution is 2.24. The number of nitrogens with zero attached hydrogens (tertiary/aromatic N) is 2. The van der Waals surface area contributed by atoms with Gasteiger partial charge in [0.25, 0.3) is 5.91 Å². The summed E-state index contributed by atoms with van der Waals surface area (Å²) in [6.45, 7) is 8.13. The maximum absolute atomic E-state index is 12.5. The fourth-order valence-electron chi connectivity index (χ4n) is 2.44. The second-order valence-corrected chi connectivity index (χ2v) is 5.79. The summed E-state index contributed by atoms with van der Waals surface area (Å²) >= 11 is 3.41. The van der Waals surface area contributed by atoms with E-state index < -0.39 is 0 Å².